The smallest absolute Gasteiger partial charge is 0.471 e. The standard InChI is InChI=1S/C14H13F4N3O3.C6H13N/c1-7(19-6-22)5-23-11-4-9(3-10(15)8(11)2)12-20-13(24-21-12)14(16,17)18;1-7-5-3-2-4-6-7/h3-4,6-7H,5H2,1-2H3,(H,19,22);2-6H2,1H3. The van der Waals surface area contributed by atoms with E-state index in [4.69, 9.17) is 4.74 Å². The lowest BCUT2D eigenvalue weighted by Crippen LogP contribution is -2.30. The third-order valence-electron chi connectivity index (χ3n) is 4.64. The molecule has 1 saturated heterocycles. The van der Waals surface area contributed by atoms with Crippen LogP contribution in [0.3, 0.4) is 0 Å². The first-order valence-electron chi connectivity index (χ1n) is 9.84. The molecule has 1 N–H and O–H groups in total. The molecule has 31 heavy (non-hydrogen) atoms. The number of aromatic nitrogens is 2. The Hall–Kier alpha value is -2.69. The van der Waals surface area contributed by atoms with Gasteiger partial charge in [-0.3, -0.25) is 4.79 Å². The SMILES string of the molecule is CN1CCCCC1.Cc1c(F)cc(-c2noc(C(F)(F)F)n2)cc1OCC(C)NC=O. The second kappa shape index (κ2) is 11.1. The molecule has 0 bridgehead atoms. The number of nitrogens with zero attached hydrogens (tertiary/aromatic N) is 3. The molecule has 1 unspecified atom stereocenters. The molecule has 2 heterocycles. The zero-order valence-corrected chi connectivity index (χ0v) is 17.6. The van der Waals surface area contributed by atoms with Crippen molar-refractivity contribution < 1.29 is 31.6 Å². The summed E-state index contributed by atoms with van der Waals surface area (Å²) in [6.45, 7) is 5.80. The van der Waals surface area contributed by atoms with Crippen LogP contribution in [0.2, 0.25) is 0 Å². The van der Waals surface area contributed by atoms with Crippen molar-refractivity contribution in [2.24, 2.45) is 0 Å². The minimum atomic E-state index is -4.79. The molecule has 0 aliphatic carbocycles. The Morgan fingerprint density at radius 1 is 1.29 bits per heavy atom. The summed E-state index contributed by atoms with van der Waals surface area (Å²) < 4.78 is 61.0. The van der Waals surface area contributed by atoms with Crippen LogP contribution in [-0.2, 0) is 11.0 Å². The zero-order valence-electron chi connectivity index (χ0n) is 17.6. The van der Waals surface area contributed by atoms with Crippen LogP contribution in [0.4, 0.5) is 17.6 Å². The summed E-state index contributed by atoms with van der Waals surface area (Å²) in [4.78, 5) is 15.9. The number of piperidine rings is 1. The predicted octanol–water partition coefficient (Wildman–Crippen LogP) is 3.82. The first kappa shape index (κ1) is 24.6. The fourth-order valence-electron chi connectivity index (χ4n) is 2.82. The third-order valence-corrected chi connectivity index (χ3v) is 4.64. The van der Waals surface area contributed by atoms with Crippen LogP contribution in [-0.4, -0.2) is 54.2 Å². The summed E-state index contributed by atoms with van der Waals surface area (Å²) in [5, 5.41) is 5.65. The van der Waals surface area contributed by atoms with Gasteiger partial charge in [0, 0.05) is 11.1 Å². The van der Waals surface area contributed by atoms with Gasteiger partial charge in [0.1, 0.15) is 18.2 Å². The maximum Gasteiger partial charge on any atom is 0.471 e. The fourth-order valence-corrected chi connectivity index (χ4v) is 2.82. The van der Waals surface area contributed by atoms with Gasteiger partial charge in [-0.1, -0.05) is 11.6 Å². The minimum absolute atomic E-state index is 0.0247. The number of carbonyl (C=O) groups excluding carboxylic acids is 1. The van der Waals surface area contributed by atoms with E-state index < -0.39 is 23.7 Å². The molecule has 1 aliphatic rings. The van der Waals surface area contributed by atoms with E-state index in [1.165, 1.54) is 45.3 Å². The van der Waals surface area contributed by atoms with Gasteiger partial charge in [0.15, 0.2) is 0 Å². The van der Waals surface area contributed by atoms with Crippen molar-refractivity contribution in [2.75, 3.05) is 26.7 Å². The lowest BCUT2D eigenvalue weighted by Gasteiger charge is -2.20. The number of nitrogens with one attached hydrogen (secondary N) is 1. The minimum Gasteiger partial charge on any atom is -0.491 e. The fraction of sp³-hybridized carbons (Fsp3) is 0.550. The number of rotatable bonds is 6. The van der Waals surface area contributed by atoms with Crippen LogP contribution < -0.4 is 10.1 Å². The van der Waals surface area contributed by atoms with E-state index in [9.17, 15) is 22.4 Å². The molecule has 0 radical (unpaired) electrons. The lowest BCUT2D eigenvalue weighted by molar-refractivity contribution is -0.159. The Morgan fingerprint density at radius 2 is 1.97 bits per heavy atom. The summed E-state index contributed by atoms with van der Waals surface area (Å²) in [6, 6.07) is 1.95. The van der Waals surface area contributed by atoms with Gasteiger partial charge in [-0.15, -0.1) is 0 Å². The lowest BCUT2D eigenvalue weighted by atomic mass is 10.1. The molecule has 0 spiro atoms. The van der Waals surface area contributed by atoms with Crippen LogP contribution in [0, 0.1) is 12.7 Å². The Kier molecular flexibility index (Phi) is 8.78. The van der Waals surface area contributed by atoms with Crippen molar-refractivity contribution >= 4 is 6.41 Å². The molecule has 1 aromatic carbocycles. The van der Waals surface area contributed by atoms with Gasteiger partial charge in [0.25, 0.3) is 0 Å². The van der Waals surface area contributed by atoms with Crippen molar-refractivity contribution in [3.8, 4) is 17.1 Å². The number of likely N-dealkylation sites (tertiary alicyclic amines) is 1. The maximum absolute atomic E-state index is 14.0. The number of halogens is 4. The van der Waals surface area contributed by atoms with Crippen molar-refractivity contribution in [1.82, 2.24) is 20.4 Å². The molecule has 2 aromatic rings. The molecule has 11 heteroatoms. The monoisotopic (exact) mass is 446 g/mol. The number of amides is 1. The quantitative estimate of drug-likeness (QED) is 0.537. The van der Waals surface area contributed by atoms with Gasteiger partial charge in [-0.25, -0.2) is 4.39 Å². The summed E-state index contributed by atoms with van der Waals surface area (Å²) in [7, 11) is 2.19. The summed E-state index contributed by atoms with van der Waals surface area (Å²) in [5.74, 6) is -2.53. The van der Waals surface area contributed by atoms with Gasteiger partial charge in [0.2, 0.25) is 12.2 Å². The number of carbonyl (C=O) groups is 1. The normalized spacial score (nSPS) is 15.6. The highest BCUT2D eigenvalue weighted by molar-refractivity contribution is 5.59. The van der Waals surface area contributed by atoms with Crippen LogP contribution in [0.25, 0.3) is 11.4 Å². The van der Waals surface area contributed by atoms with Gasteiger partial charge in [0.05, 0.1) is 6.04 Å². The molecule has 1 atom stereocenters. The predicted molar refractivity (Wildman–Crippen MR) is 105 cm³/mol. The third kappa shape index (κ3) is 7.50. The Balaban J connectivity index is 0.000000412. The van der Waals surface area contributed by atoms with Gasteiger partial charge >= 0.3 is 12.1 Å². The highest BCUT2D eigenvalue weighted by atomic mass is 19.4. The van der Waals surface area contributed by atoms with Crippen LogP contribution in [0.5, 0.6) is 5.75 Å². The molecular formula is C20H26F4N4O3. The maximum atomic E-state index is 14.0. The molecule has 3 rings (SSSR count). The van der Waals surface area contributed by atoms with E-state index in [0.717, 1.165) is 6.07 Å². The van der Waals surface area contributed by atoms with Crippen molar-refractivity contribution in [3.63, 3.8) is 0 Å². The van der Waals surface area contributed by atoms with E-state index in [2.05, 4.69) is 31.9 Å². The molecule has 1 aliphatic heterocycles. The Labute approximate surface area is 177 Å². The van der Waals surface area contributed by atoms with Crippen LogP contribution in [0.1, 0.15) is 37.6 Å². The van der Waals surface area contributed by atoms with Crippen LogP contribution >= 0.6 is 0 Å². The molecule has 172 valence electrons. The average molecular weight is 446 g/mol. The number of alkyl halides is 3. The zero-order chi connectivity index (χ0) is 23.0. The van der Waals surface area contributed by atoms with Crippen molar-refractivity contribution in [2.45, 2.75) is 45.3 Å². The molecule has 1 amide bonds. The van der Waals surface area contributed by atoms with Crippen molar-refractivity contribution in [3.05, 3.63) is 29.4 Å². The molecule has 1 aromatic heterocycles. The average Bonchev–Trinajstić information content (AvgIpc) is 3.21. The second-order valence-electron chi connectivity index (χ2n) is 7.36. The summed E-state index contributed by atoms with van der Waals surface area (Å²) in [6.07, 6.45) is -0.0169. The highest BCUT2D eigenvalue weighted by Crippen LogP contribution is 2.32. The largest absolute Gasteiger partial charge is 0.491 e. The number of ether oxygens (including phenoxy) is 1. The number of hydrogen-bond acceptors (Lipinski definition) is 6. The van der Waals surface area contributed by atoms with Crippen LogP contribution in [0.15, 0.2) is 16.7 Å². The molecular weight excluding hydrogens is 420 g/mol. The summed E-state index contributed by atoms with van der Waals surface area (Å²) in [5.41, 5.74) is 0.139. The molecule has 7 nitrogen and oxygen atoms in total. The van der Waals surface area contributed by atoms with E-state index in [-0.39, 0.29) is 29.5 Å². The van der Waals surface area contributed by atoms with Crippen molar-refractivity contribution in [1.29, 1.82) is 0 Å². The molecule has 0 saturated carbocycles. The highest BCUT2D eigenvalue weighted by Gasteiger charge is 2.38. The number of benzene rings is 1. The van der Waals surface area contributed by atoms with E-state index in [0.29, 0.717) is 6.41 Å². The van der Waals surface area contributed by atoms with Gasteiger partial charge < -0.3 is 19.5 Å². The first-order valence-corrected chi connectivity index (χ1v) is 9.84. The van der Waals surface area contributed by atoms with E-state index >= 15 is 0 Å². The first-order chi connectivity index (χ1) is 14.6. The topological polar surface area (TPSA) is 80.5 Å². The summed E-state index contributed by atoms with van der Waals surface area (Å²) >= 11 is 0. The van der Waals surface area contributed by atoms with E-state index in [1.54, 1.807) is 6.92 Å². The number of hydrogen-bond donors (Lipinski definition) is 1. The Morgan fingerprint density at radius 3 is 2.48 bits per heavy atom. The van der Waals surface area contributed by atoms with Gasteiger partial charge in [-0.2, -0.15) is 18.2 Å². The molecule has 1 fully saturated rings. The second-order valence-corrected chi connectivity index (χ2v) is 7.36. The van der Waals surface area contributed by atoms with Gasteiger partial charge in [-0.05, 0) is 59.0 Å². The Bertz CT molecular complexity index is 851. The van der Waals surface area contributed by atoms with E-state index in [1.807, 2.05) is 0 Å².